The van der Waals surface area contributed by atoms with E-state index in [9.17, 15) is 14.4 Å². The van der Waals surface area contributed by atoms with Gasteiger partial charge in [-0.25, -0.2) is 9.91 Å². The number of carbonyl (C=O) groups is 3. The first-order valence-corrected chi connectivity index (χ1v) is 14.1. The van der Waals surface area contributed by atoms with Gasteiger partial charge in [0.15, 0.2) is 12.1 Å². The number of fused-ring (bicyclic) bond motifs is 2. The van der Waals surface area contributed by atoms with Crippen LogP contribution in [0, 0.1) is 6.92 Å². The highest BCUT2D eigenvalue weighted by atomic mass is 16.5. The zero-order valence-corrected chi connectivity index (χ0v) is 23.6. The summed E-state index contributed by atoms with van der Waals surface area (Å²) in [7, 11) is 1.61. The van der Waals surface area contributed by atoms with E-state index in [1.807, 2.05) is 73.7 Å². The van der Waals surface area contributed by atoms with E-state index in [4.69, 9.17) is 9.84 Å². The van der Waals surface area contributed by atoms with Crippen molar-refractivity contribution in [2.75, 3.05) is 18.6 Å². The summed E-state index contributed by atoms with van der Waals surface area (Å²) in [5, 5.41) is 18.0. The van der Waals surface area contributed by atoms with E-state index in [0.717, 1.165) is 38.1 Å². The molecule has 3 aliphatic rings. The molecule has 0 saturated carbocycles. The molecule has 3 amide bonds. The molecule has 214 valence electrons. The Balaban J connectivity index is 1.17. The van der Waals surface area contributed by atoms with Gasteiger partial charge >= 0.3 is 0 Å². The van der Waals surface area contributed by atoms with Crippen molar-refractivity contribution in [3.63, 3.8) is 0 Å². The van der Waals surface area contributed by atoms with E-state index in [-0.39, 0.29) is 18.5 Å². The lowest BCUT2D eigenvalue weighted by Crippen LogP contribution is -2.44. The Kier molecular flexibility index (Phi) is 6.46. The molecule has 1 fully saturated rings. The van der Waals surface area contributed by atoms with Gasteiger partial charge in [-0.2, -0.15) is 10.2 Å². The lowest BCUT2D eigenvalue weighted by molar-refractivity contribution is -0.135. The number of methoxy groups -OCH3 is 1. The average molecular weight is 573 g/mol. The van der Waals surface area contributed by atoms with Crippen LogP contribution in [0.5, 0.6) is 5.75 Å². The highest BCUT2D eigenvalue weighted by molar-refractivity contribution is 6.25. The summed E-state index contributed by atoms with van der Waals surface area (Å²) in [5.41, 5.74) is 4.08. The van der Waals surface area contributed by atoms with Crippen LogP contribution < -0.4 is 9.64 Å². The molecule has 0 aliphatic carbocycles. The fraction of sp³-hybridized carbons (Fsp3) is 0.212. The molecule has 1 saturated heterocycles. The Bertz CT molecular complexity index is 1820. The molecule has 0 bridgehead atoms. The molecule has 3 heterocycles. The Hall–Kier alpha value is -5.38. The van der Waals surface area contributed by atoms with Crippen molar-refractivity contribution in [2.45, 2.75) is 31.5 Å². The molecule has 10 nitrogen and oxygen atoms in total. The van der Waals surface area contributed by atoms with E-state index in [1.54, 1.807) is 19.2 Å². The summed E-state index contributed by atoms with van der Waals surface area (Å²) in [4.78, 5) is 41.7. The summed E-state index contributed by atoms with van der Waals surface area (Å²) >= 11 is 0. The molecule has 4 aromatic carbocycles. The summed E-state index contributed by atoms with van der Waals surface area (Å²) in [5.74, 6) is -0.553. The minimum absolute atomic E-state index is 0.257. The van der Waals surface area contributed by atoms with E-state index in [1.165, 1.54) is 10.0 Å². The van der Waals surface area contributed by atoms with Crippen molar-refractivity contribution in [1.82, 2.24) is 10.0 Å². The summed E-state index contributed by atoms with van der Waals surface area (Å²) < 4.78 is 5.33. The SMILES string of the molecule is COc1ccc([C@@H]2CC(c3ccc4ccccc4c3)=NN2C(=O)CN2N=N[C@@H]3C(=O)N(c4ccc(C)cc4)C(=O)[C@H]32)cc1. The summed E-state index contributed by atoms with van der Waals surface area (Å²) in [6, 6.07) is 26.6. The molecule has 0 aromatic heterocycles. The number of ether oxygens (including phenoxy) is 1. The maximum atomic E-state index is 13.9. The summed E-state index contributed by atoms with van der Waals surface area (Å²) in [6.45, 7) is 1.67. The first-order chi connectivity index (χ1) is 20.9. The van der Waals surface area contributed by atoms with Gasteiger partial charge in [-0.3, -0.25) is 19.4 Å². The van der Waals surface area contributed by atoms with Crippen LogP contribution in [-0.4, -0.2) is 59.2 Å². The molecule has 3 atom stereocenters. The molecule has 0 radical (unpaired) electrons. The van der Waals surface area contributed by atoms with Gasteiger partial charge in [0.25, 0.3) is 17.7 Å². The molecule has 0 N–H and O–H groups in total. The van der Waals surface area contributed by atoms with Crippen LogP contribution in [0.1, 0.15) is 29.2 Å². The monoisotopic (exact) mass is 572 g/mol. The van der Waals surface area contributed by atoms with E-state index >= 15 is 0 Å². The molecule has 0 spiro atoms. The maximum absolute atomic E-state index is 13.9. The van der Waals surface area contributed by atoms with E-state index in [0.29, 0.717) is 17.9 Å². The molecule has 3 aliphatic heterocycles. The van der Waals surface area contributed by atoms with Gasteiger partial charge in [0.2, 0.25) is 0 Å². The largest absolute Gasteiger partial charge is 0.497 e. The maximum Gasteiger partial charge on any atom is 0.264 e. The highest BCUT2D eigenvalue weighted by Crippen LogP contribution is 2.36. The third-order valence-corrected chi connectivity index (χ3v) is 8.20. The van der Waals surface area contributed by atoms with Crippen molar-refractivity contribution >= 4 is 39.9 Å². The zero-order chi connectivity index (χ0) is 29.7. The van der Waals surface area contributed by atoms with Crippen molar-refractivity contribution in [1.29, 1.82) is 0 Å². The molecular formula is C33H28N6O4. The van der Waals surface area contributed by atoms with E-state index in [2.05, 4.69) is 22.5 Å². The van der Waals surface area contributed by atoms with Crippen LogP contribution in [0.4, 0.5) is 5.69 Å². The van der Waals surface area contributed by atoms with Crippen molar-refractivity contribution in [2.24, 2.45) is 15.4 Å². The predicted octanol–water partition coefficient (Wildman–Crippen LogP) is 4.83. The number of rotatable bonds is 6. The van der Waals surface area contributed by atoms with Gasteiger partial charge in [-0.05, 0) is 59.2 Å². The van der Waals surface area contributed by atoms with Gasteiger partial charge in [0.1, 0.15) is 12.3 Å². The minimum atomic E-state index is -0.991. The highest BCUT2D eigenvalue weighted by Gasteiger charge is 2.55. The number of nitrogens with zero attached hydrogens (tertiary/aromatic N) is 6. The number of anilines is 1. The Morgan fingerprint density at radius 3 is 2.40 bits per heavy atom. The first-order valence-electron chi connectivity index (χ1n) is 14.1. The average Bonchev–Trinajstić information content (AvgIpc) is 3.73. The van der Waals surface area contributed by atoms with Gasteiger partial charge in [0, 0.05) is 6.42 Å². The second-order valence-corrected chi connectivity index (χ2v) is 10.9. The third-order valence-electron chi connectivity index (χ3n) is 8.20. The molecule has 7 rings (SSSR count). The van der Waals surface area contributed by atoms with Gasteiger partial charge in [-0.15, -0.1) is 0 Å². The molecule has 10 heteroatoms. The third kappa shape index (κ3) is 4.61. The van der Waals surface area contributed by atoms with Gasteiger partial charge < -0.3 is 4.74 Å². The van der Waals surface area contributed by atoms with Crippen LogP contribution in [-0.2, 0) is 14.4 Å². The zero-order valence-electron chi connectivity index (χ0n) is 23.6. The number of imide groups is 1. The topological polar surface area (TPSA) is 107 Å². The standard InChI is InChI=1S/C33H28N6O4/c1-20-7-13-25(14-8-20)38-32(41)30-31(33(38)42)37(36-34-30)19-29(40)39-28(22-11-15-26(43-2)16-12-22)18-27(35-39)24-10-9-21-5-3-4-6-23(21)17-24/h3-17,28,30-31H,18-19H2,1-2H3/t28-,30-,31-/m0/s1. The lowest BCUT2D eigenvalue weighted by Gasteiger charge is -2.25. The lowest BCUT2D eigenvalue weighted by atomic mass is 9.97. The molecule has 4 aromatic rings. The molecule has 43 heavy (non-hydrogen) atoms. The molecule has 0 unspecified atom stereocenters. The van der Waals surface area contributed by atoms with Crippen molar-refractivity contribution in [3.05, 3.63) is 108 Å². The molecular weight excluding hydrogens is 544 g/mol. The minimum Gasteiger partial charge on any atom is -0.497 e. The van der Waals surface area contributed by atoms with Gasteiger partial charge in [0.05, 0.1) is 24.6 Å². The van der Waals surface area contributed by atoms with Crippen molar-refractivity contribution in [3.8, 4) is 5.75 Å². The van der Waals surface area contributed by atoms with Gasteiger partial charge in [-0.1, -0.05) is 71.5 Å². The number of carbonyl (C=O) groups excluding carboxylic acids is 3. The number of hydrogen-bond donors (Lipinski definition) is 0. The second kappa shape index (κ2) is 10.5. The van der Waals surface area contributed by atoms with Crippen LogP contribution >= 0.6 is 0 Å². The smallest absolute Gasteiger partial charge is 0.264 e. The van der Waals surface area contributed by atoms with Crippen LogP contribution in [0.25, 0.3) is 10.8 Å². The fourth-order valence-electron chi connectivity index (χ4n) is 5.88. The Morgan fingerprint density at radius 2 is 1.65 bits per heavy atom. The Morgan fingerprint density at radius 1 is 0.907 bits per heavy atom. The van der Waals surface area contributed by atoms with Crippen LogP contribution in [0.15, 0.2) is 106 Å². The number of hydrogen-bond acceptors (Lipinski definition) is 8. The van der Waals surface area contributed by atoms with E-state index < -0.39 is 23.9 Å². The second-order valence-electron chi connectivity index (χ2n) is 10.9. The fourth-order valence-corrected chi connectivity index (χ4v) is 5.88. The van der Waals surface area contributed by atoms with Crippen LogP contribution in [0.2, 0.25) is 0 Å². The van der Waals surface area contributed by atoms with Crippen molar-refractivity contribution < 1.29 is 19.1 Å². The first kappa shape index (κ1) is 26.5. The number of hydrazone groups is 1. The predicted molar refractivity (Wildman–Crippen MR) is 160 cm³/mol. The quantitative estimate of drug-likeness (QED) is 0.308. The number of benzene rings is 4. The normalized spacial score (nSPS) is 21.1. The number of amides is 3. The summed E-state index contributed by atoms with van der Waals surface area (Å²) in [6.07, 6.45) is 0.503. The van der Waals surface area contributed by atoms with Crippen LogP contribution in [0.3, 0.4) is 0 Å². The Labute approximate surface area is 247 Å². The number of aryl methyl sites for hydroxylation is 1.